The fourth-order valence-corrected chi connectivity index (χ4v) is 2.66. The first kappa shape index (κ1) is 12.1. The van der Waals surface area contributed by atoms with Crippen molar-refractivity contribution < 1.29 is 14.7 Å². The number of amides is 1. The quantitative estimate of drug-likeness (QED) is 0.692. The van der Waals surface area contributed by atoms with E-state index in [0.717, 1.165) is 5.56 Å². The van der Waals surface area contributed by atoms with Crippen LogP contribution in [0.5, 0.6) is 0 Å². The molecule has 2 aliphatic rings. The van der Waals surface area contributed by atoms with Crippen LogP contribution in [0, 0.1) is 0 Å². The fraction of sp³-hybridized carbons (Fsp3) is 0.385. The SMILES string of the molecule is O=C(O)C1CC2C(=O)NC(c3ccccc3)CN2N1. The minimum absolute atomic E-state index is 0.106. The normalized spacial score (nSPS) is 30.7. The average Bonchev–Trinajstić information content (AvgIpc) is 2.84. The first-order chi connectivity index (χ1) is 9.15. The molecule has 2 heterocycles. The Morgan fingerprint density at radius 1 is 1.32 bits per heavy atom. The van der Waals surface area contributed by atoms with Crippen molar-refractivity contribution in [2.45, 2.75) is 24.5 Å². The molecule has 1 aromatic rings. The van der Waals surface area contributed by atoms with Gasteiger partial charge in [0.25, 0.3) is 0 Å². The van der Waals surface area contributed by atoms with Gasteiger partial charge in [-0.1, -0.05) is 30.3 Å². The molecule has 2 aliphatic heterocycles. The number of benzene rings is 1. The van der Waals surface area contributed by atoms with Gasteiger partial charge in [0.1, 0.15) is 12.1 Å². The third-order valence-electron chi connectivity index (χ3n) is 3.66. The van der Waals surface area contributed by atoms with Gasteiger partial charge in [0, 0.05) is 13.0 Å². The van der Waals surface area contributed by atoms with Crippen LogP contribution in [0.2, 0.25) is 0 Å². The molecule has 3 N–H and O–H groups in total. The Bertz CT molecular complexity index is 505. The van der Waals surface area contributed by atoms with Crippen molar-refractivity contribution in [2.24, 2.45) is 0 Å². The number of fused-ring (bicyclic) bond motifs is 1. The predicted molar refractivity (Wildman–Crippen MR) is 67.0 cm³/mol. The summed E-state index contributed by atoms with van der Waals surface area (Å²) in [5.74, 6) is -1.03. The molecule has 1 amide bonds. The molecular formula is C13H15N3O3. The zero-order chi connectivity index (χ0) is 13.4. The van der Waals surface area contributed by atoms with Gasteiger partial charge in [-0.3, -0.25) is 9.59 Å². The van der Waals surface area contributed by atoms with E-state index in [1.165, 1.54) is 0 Å². The maximum absolute atomic E-state index is 12.0. The number of aliphatic carboxylic acids is 1. The second-order valence-electron chi connectivity index (χ2n) is 4.90. The van der Waals surface area contributed by atoms with Crippen LogP contribution >= 0.6 is 0 Å². The van der Waals surface area contributed by atoms with E-state index in [1.807, 2.05) is 30.3 Å². The van der Waals surface area contributed by atoms with E-state index >= 15 is 0 Å². The number of hydrogen-bond donors (Lipinski definition) is 3. The van der Waals surface area contributed by atoms with Gasteiger partial charge in [-0.15, -0.1) is 0 Å². The first-order valence-electron chi connectivity index (χ1n) is 6.26. The standard InChI is InChI=1S/C13H15N3O3/c17-12-11-6-9(13(18)19)15-16(11)7-10(14-12)8-4-2-1-3-5-8/h1-5,9-11,15H,6-7H2,(H,14,17)(H,18,19). The molecule has 3 atom stereocenters. The zero-order valence-electron chi connectivity index (χ0n) is 10.2. The zero-order valence-corrected chi connectivity index (χ0v) is 10.2. The second-order valence-corrected chi connectivity index (χ2v) is 4.90. The third-order valence-corrected chi connectivity index (χ3v) is 3.66. The number of hydrazine groups is 1. The summed E-state index contributed by atoms with van der Waals surface area (Å²) in [6.45, 7) is 0.574. The minimum Gasteiger partial charge on any atom is -0.480 e. The summed E-state index contributed by atoms with van der Waals surface area (Å²) in [4.78, 5) is 23.0. The lowest BCUT2D eigenvalue weighted by atomic mass is 10.0. The summed E-state index contributed by atoms with van der Waals surface area (Å²) < 4.78 is 0. The number of rotatable bonds is 2. The van der Waals surface area contributed by atoms with Crippen LogP contribution in [0.1, 0.15) is 18.0 Å². The third kappa shape index (κ3) is 2.20. The Balaban J connectivity index is 1.78. The number of nitrogens with zero attached hydrogens (tertiary/aromatic N) is 1. The van der Waals surface area contributed by atoms with Gasteiger partial charge in [-0.05, 0) is 5.56 Å². The highest BCUT2D eigenvalue weighted by Gasteiger charge is 2.44. The topological polar surface area (TPSA) is 81.7 Å². The van der Waals surface area contributed by atoms with E-state index in [2.05, 4.69) is 10.7 Å². The van der Waals surface area contributed by atoms with Crippen LogP contribution in [0.3, 0.4) is 0 Å². The molecule has 1 aromatic carbocycles. The van der Waals surface area contributed by atoms with Crippen molar-refractivity contribution in [2.75, 3.05) is 6.54 Å². The van der Waals surface area contributed by atoms with E-state index in [4.69, 9.17) is 5.11 Å². The molecule has 0 saturated carbocycles. The number of carbonyl (C=O) groups is 2. The van der Waals surface area contributed by atoms with Crippen molar-refractivity contribution in [3.05, 3.63) is 35.9 Å². The number of carboxylic acid groups (broad SMARTS) is 1. The Kier molecular flexibility index (Phi) is 2.96. The molecule has 0 aromatic heterocycles. The minimum atomic E-state index is -0.918. The average molecular weight is 261 g/mol. The molecule has 0 radical (unpaired) electrons. The lowest BCUT2D eigenvalue weighted by Crippen LogP contribution is -2.56. The van der Waals surface area contributed by atoms with Crippen LogP contribution in [0.15, 0.2) is 30.3 Å². The number of nitrogens with one attached hydrogen (secondary N) is 2. The number of carbonyl (C=O) groups excluding carboxylic acids is 1. The number of carboxylic acids is 1. The Morgan fingerprint density at radius 3 is 2.74 bits per heavy atom. The van der Waals surface area contributed by atoms with Crippen molar-refractivity contribution in [1.29, 1.82) is 0 Å². The summed E-state index contributed by atoms with van der Waals surface area (Å²) in [6, 6.07) is 8.50. The summed E-state index contributed by atoms with van der Waals surface area (Å²) >= 11 is 0. The molecule has 0 bridgehead atoms. The van der Waals surface area contributed by atoms with Crippen LogP contribution in [-0.4, -0.2) is 40.6 Å². The molecule has 19 heavy (non-hydrogen) atoms. The van der Waals surface area contributed by atoms with Gasteiger partial charge in [-0.2, -0.15) is 0 Å². The van der Waals surface area contributed by atoms with Crippen molar-refractivity contribution in [3.8, 4) is 0 Å². The monoisotopic (exact) mass is 261 g/mol. The van der Waals surface area contributed by atoms with Crippen LogP contribution in [0.25, 0.3) is 0 Å². The Hall–Kier alpha value is -1.92. The predicted octanol–water partition coefficient (Wildman–Crippen LogP) is -0.110. The molecule has 3 rings (SSSR count). The van der Waals surface area contributed by atoms with Gasteiger partial charge < -0.3 is 10.4 Å². The molecule has 6 nitrogen and oxygen atoms in total. The van der Waals surface area contributed by atoms with E-state index in [-0.39, 0.29) is 18.0 Å². The fourth-order valence-electron chi connectivity index (χ4n) is 2.66. The molecule has 2 fully saturated rings. The maximum atomic E-state index is 12.0. The Morgan fingerprint density at radius 2 is 2.05 bits per heavy atom. The van der Waals surface area contributed by atoms with E-state index < -0.39 is 12.0 Å². The number of hydrogen-bond acceptors (Lipinski definition) is 4. The summed E-state index contributed by atoms with van der Waals surface area (Å²) in [5, 5.41) is 13.7. The molecular weight excluding hydrogens is 246 g/mol. The second kappa shape index (κ2) is 4.64. The lowest BCUT2D eigenvalue weighted by Gasteiger charge is -2.34. The first-order valence-corrected chi connectivity index (χ1v) is 6.26. The van der Waals surface area contributed by atoms with Crippen LogP contribution < -0.4 is 10.7 Å². The largest absolute Gasteiger partial charge is 0.480 e. The summed E-state index contributed by atoms with van der Waals surface area (Å²) in [6.07, 6.45) is 0.308. The van der Waals surface area contributed by atoms with Crippen molar-refractivity contribution in [1.82, 2.24) is 15.8 Å². The van der Waals surface area contributed by atoms with E-state index in [9.17, 15) is 9.59 Å². The lowest BCUT2D eigenvalue weighted by molar-refractivity contribution is -0.139. The highest BCUT2D eigenvalue weighted by atomic mass is 16.4. The Labute approximate surface area is 110 Å². The number of piperazine rings is 1. The van der Waals surface area contributed by atoms with Gasteiger partial charge in [0.05, 0.1) is 6.04 Å². The molecule has 100 valence electrons. The summed E-state index contributed by atoms with van der Waals surface area (Å²) in [5.41, 5.74) is 3.92. The van der Waals surface area contributed by atoms with Gasteiger partial charge in [0.15, 0.2) is 0 Å². The summed E-state index contributed by atoms with van der Waals surface area (Å²) in [7, 11) is 0. The van der Waals surface area contributed by atoms with Gasteiger partial charge >= 0.3 is 5.97 Å². The molecule has 3 unspecified atom stereocenters. The molecule has 6 heteroatoms. The van der Waals surface area contributed by atoms with E-state index in [1.54, 1.807) is 5.01 Å². The molecule has 0 aliphatic carbocycles. The maximum Gasteiger partial charge on any atom is 0.322 e. The molecule has 2 saturated heterocycles. The van der Waals surface area contributed by atoms with Crippen molar-refractivity contribution in [3.63, 3.8) is 0 Å². The highest BCUT2D eigenvalue weighted by molar-refractivity contribution is 5.85. The highest BCUT2D eigenvalue weighted by Crippen LogP contribution is 2.25. The van der Waals surface area contributed by atoms with Gasteiger partial charge in [-0.25, -0.2) is 10.4 Å². The van der Waals surface area contributed by atoms with Gasteiger partial charge in [0.2, 0.25) is 5.91 Å². The van der Waals surface area contributed by atoms with Crippen molar-refractivity contribution >= 4 is 11.9 Å². The van der Waals surface area contributed by atoms with Crippen LogP contribution in [-0.2, 0) is 9.59 Å². The van der Waals surface area contributed by atoms with Crippen LogP contribution in [0.4, 0.5) is 0 Å². The van der Waals surface area contributed by atoms with E-state index in [0.29, 0.717) is 13.0 Å². The molecule has 0 spiro atoms. The smallest absolute Gasteiger partial charge is 0.322 e.